The molecule has 0 aliphatic carbocycles. The van der Waals surface area contributed by atoms with E-state index in [4.69, 9.17) is 4.42 Å². The van der Waals surface area contributed by atoms with Crippen molar-refractivity contribution >= 4 is 11.7 Å². The highest BCUT2D eigenvalue weighted by Crippen LogP contribution is 2.40. The molecule has 6 heteroatoms. The molecule has 6 nitrogen and oxygen atoms in total. The van der Waals surface area contributed by atoms with Gasteiger partial charge in [-0.2, -0.15) is 0 Å². The molecule has 0 fully saturated rings. The first-order valence-corrected chi connectivity index (χ1v) is 8.94. The Balaban J connectivity index is 2.02. The Labute approximate surface area is 158 Å². The number of benzene rings is 1. The summed E-state index contributed by atoms with van der Waals surface area (Å²) in [6.45, 7) is 3.17. The first kappa shape index (κ1) is 18.9. The van der Waals surface area contributed by atoms with E-state index >= 15 is 0 Å². The number of amides is 1. The average molecular weight is 368 g/mol. The van der Waals surface area contributed by atoms with Crippen LogP contribution < -0.4 is 0 Å². The van der Waals surface area contributed by atoms with Crippen molar-refractivity contribution in [2.45, 2.75) is 19.4 Å². The second-order valence-corrected chi connectivity index (χ2v) is 6.98. The summed E-state index contributed by atoms with van der Waals surface area (Å²) in [6.07, 6.45) is 2.13. The fraction of sp³-hybridized carbons (Fsp3) is 0.333. The predicted octanol–water partition coefficient (Wildman–Crippen LogP) is 3.12. The van der Waals surface area contributed by atoms with Crippen LogP contribution in [0.25, 0.3) is 0 Å². The maximum absolute atomic E-state index is 13.0. The number of furan rings is 1. The van der Waals surface area contributed by atoms with Crippen LogP contribution in [0.4, 0.5) is 0 Å². The molecular formula is C21H24N2O4. The van der Waals surface area contributed by atoms with E-state index in [-0.39, 0.29) is 11.3 Å². The molecule has 1 unspecified atom stereocenters. The fourth-order valence-electron chi connectivity index (χ4n) is 3.43. The van der Waals surface area contributed by atoms with Crippen LogP contribution in [0, 0.1) is 6.92 Å². The van der Waals surface area contributed by atoms with Crippen LogP contribution in [-0.2, 0) is 4.79 Å². The predicted molar refractivity (Wildman–Crippen MR) is 101 cm³/mol. The second-order valence-electron chi connectivity index (χ2n) is 6.98. The number of Topliss-reactive ketones (excluding diaryl/α,β-unsaturated/α-hetero) is 1. The SMILES string of the molecule is Cc1ccccc1C1C(C(=O)c2ccco2)=C(O)C(=O)N1CCCN(C)C. The zero-order valence-corrected chi connectivity index (χ0v) is 15.8. The van der Waals surface area contributed by atoms with Crippen molar-refractivity contribution in [1.82, 2.24) is 9.80 Å². The molecule has 27 heavy (non-hydrogen) atoms. The smallest absolute Gasteiger partial charge is 0.290 e. The number of ketones is 1. The number of carbonyl (C=O) groups excluding carboxylic acids is 2. The van der Waals surface area contributed by atoms with Crippen LogP contribution in [0.15, 0.2) is 58.4 Å². The van der Waals surface area contributed by atoms with Crippen LogP contribution in [0.3, 0.4) is 0 Å². The van der Waals surface area contributed by atoms with Gasteiger partial charge in [-0.3, -0.25) is 9.59 Å². The van der Waals surface area contributed by atoms with Crippen LogP contribution in [-0.4, -0.2) is 53.8 Å². The molecule has 1 aliphatic rings. The lowest BCUT2D eigenvalue weighted by Gasteiger charge is -2.28. The molecule has 1 atom stereocenters. The van der Waals surface area contributed by atoms with E-state index in [1.807, 2.05) is 50.2 Å². The Kier molecular flexibility index (Phi) is 5.46. The molecule has 0 bridgehead atoms. The third-order valence-electron chi connectivity index (χ3n) is 4.78. The third kappa shape index (κ3) is 3.66. The highest BCUT2D eigenvalue weighted by Gasteiger charge is 2.44. The van der Waals surface area contributed by atoms with E-state index in [1.165, 1.54) is 12.3 Å². The molecule has 2 heterocycles. The molecule has 1 amide bonds. The molecule has 142 valence electrons. The van der Waals surface area contributed by atoms with E-state index in [1.54, 1.807) is 11.0 Å². The maximum Gasteiger partial charge on any atom is 0.290 e. The molecule has 0 saturated heterocycles. The molecule has 1 aromatic carbocycles. The van der Waals surface area contributed by atoms with Gasteiger partial charge in [-0.05, 0) is 57.2 Å². The minimum absolute atomic E-state index is 0.0779. The average Bonchev–Trinajstić information content (AvgIpc) is 3.24. The van der Waals surface area contributed by atoms with Gasteiger partial charge in [0.2, 0.25) is 5.78 Å². The van der Waals surface area contributed by atoms with Crippen molar-refractivity contribution < 1.29 is 19.1 Å². The van der Waals surface area contributed by atoms with E-state index in [0.717, 1.165) is 24.1 Å². The highest BCUT2D eigenvalue weighted by atomic mass is 16.3. The van der Waals surface area contributed by atoms with Crippen LogP contribution in [0.1, 0.15) is 34.1 Å². The van der Waals surface area contributed by atoms with E-state index in [2.05, 4.69) is 0 Å². The second kappa shape index (κ2) is 7.80. The van der Waals surface area contributed by atoms with Crippen molar-refractivity contribution in [2.75, 3.05) is 27.2 Å². The van der Waals surface area contributed by atoms with Crippen molar-refractivity contribution in [3.63, 3.8) is 0 Å². The monoisotopic (exact) mass is 368 g/mol. The van der Waals surface area contributed by atoms with Gasteiger partial charge in [-0.1, -0.05) is 24.3 Å². The zero-order chi connectivity index (χ0) is 19.6. The molecule has 0 radical (unpaired) electrons. The Morgan fingerprint density at radius 3 is 2.59 bits per heavy atom. The lowest BCUT2D eigenvalue weighted by molar-refractivity contribution is -0.129. The molecule has 2 aromatic rings. The van der Waals surface area contributed by atoms with Gasteiger partial charge in [-0.25, -0.2) is 0 Å². The molecule has 1 aliphatic heterocycles. The van der Waals surface area contributed by atoms with Gasteiger partial charge in [-0.15, -0.1) is 0 Å². The molecular weight excluding hydrogens is 344 g/mol. The Hall–Kier alpha value is -2.86. The molecule has 1 aromatic heterocycles. The lowest BCUT2D eigenvalue weighted by atomic mass is 9.92. The van der Waals surface area contributed by atoms with Crippen LogP contribution in [0.2, 0.25) is 0 Å². The summed E-state index contributed by atoms with van der Waals surface area (Å²) in [7, 11) is 3.93. The van der Waals surface area contributed by atoms with Gasteiger partial charge in [0.1, 0.15) is 0 Å². The zero-order valence-electron chi connectivity index (χ0n) is 15.8. The number of aliphatic hydroxyl groups is 1. The number of hydrogen-bond acceptors (Lipinski definition) is 5. The minimum atomic E-state index is -0.626. The third-order valence-corrected chi connectivity index (χ3v) is 4.78. The van der Waals surface area contributed by atoms with Gasteiger partial charge in [0.05, 0.1) is 17.9 Å². The summed E-state index contributed by atoms with van der Waals surface area (Å²) in [5.74, 6) is -1.36. The van der Waals surface area contributed by atoms with Gasteiger partial charge in [0.15, 0.2) is 11.5 Å². The summed E-state index contributed by atoms with van der Waals surface area (Å²) in [6, 6.07) is 10.1. The van der Waals surface area contributed by atoms with Crippen molar-refractivity contribution in [1.29, 1.82) is 0 Å². The van der Waals surface area contributed by atoms with Gasteiger partial charge in [0, 0.05) is 6.54 Å². The normalized spacial score (nSPS) is 17.3. The summed E-state index contributed by atoms with van der Waals surface area (Å²) < 4.78 is 5.22. The molecule has 1 N–H and O–H groups in total. The first-order valence-electron chi connectivity index (χ1n) is 8.94. The Morgan fingerprint density at radius 2 is 1.96 bits per heavy atom. The number of hydrogen-bond donors (Lipinski definition) is 1. The van der Waals surface area contributed by atoms with Crippen molar-refractivity contribution in [3.8, 4) is 0 Å². The summed E-state index contributed by atoms with van der Waals surface area (Å²) in [5, 5.41) is 10.5. The van der Waals surface area contributed by atoms with E-state index in [9.17, 15) is 14.7 Å². The van der Waals surface area contributed by atoms with Gasteiger partial charge in [0.25, 0.3) is 5.91 Å². The van der Waals surface area contributed by atoms with E-state index in [0.29, 0.717) is 6.54 Å². The maximum atomic E-state index is 13.0. The summed E-state index contributed by atoms with van der Waals surface area (Å²) >= 11 is 0. The number of nitrogens with zero attached hydrogens (tertiary/aromatic N) is 2. The standard InChI is InChI=1S/C21H24N2O4/c1-14-8-4-5-9-15(14)18-17(19(24)16-10-6-13-27-16)20(25)21(26)23(18)12-7-11-22(2)3/h4-6,8-10,13,18,25H,7,11-12H2,1-3H3. The molecule has 3 rings (SSSR count). The Bertz CT molecular complexity index is 868. The molecule has 0 spiro atoms. The largest absolute Gasteiger partial charge is 0.503 e. The number of aliphatic hydroxyl groups excluding tert-OH is 1. The Morgan fingerprint density at radius 1 is 1.22 bits per heavy atom. The van der Waals surface area contributed by atoms with Crippen LogP contribution in [0.5, 0.6) is 0 Å². The fourth-order valence-corrected chi connectivity index (χ4v) is 3.43. The topological polar surface area (TPSA) is 74.0 Å². The lowest BCUT2D eigenvalue weighted by Crippen LogP contribution is -2.33. The first-order chi connectivity index (χ1) is 12.9. The number of carbonyl (C=O) groups is 2. The van der Waals surface area contributed by atoms with Crippen LogP contribution >= 0.6 is 0 Å². The minimum Gasteiger partial charge on any atom is -0.503 e. The highest BCUT2D eigenvalue weighted by molar-refractivity contribution is 6.15. The van der Waals surface area contributed by atoms with Crippen molar-refractivity contribution in [2.24, 2.45) is 0 Å². The van der Waals surface area contributed by atoms with E-state index < -0.39 is 23.5 Å². The summed E-state index contributed by atoms with van der Waals surface area (Å²) in [4.78, 5) is 29.4. The quantitative estimate of drug-likeness (QED) is 0.760. The number of aryl methyl sites for hydroxylation is 1. The van der Waals surface area contributed by atoms with Gasteiger partial charge < -0.3 is 19.3 Å². The van der Waals surface area contributed by atoms with Crippen molar-refractivity contribution in [3.05, 3.63) is 70.9 Å². The summed E-state index contributed by atoms with van der Waals surface area (Å²) in [5.41, 5.74) is 1.86. The molecule has 0 saturated carbocycles. The van der Waals surface area contributed by atoms with Gasteiger partial charge >= 0.3 is 0 Å². The number of rotatable bonds is 7.